The molecule has 0 aromatic carbocycles. The summed E-state index contributed by atoms with van der Waals surface area (Å²) in [6, 6.07) is 0. The molecule has 0 aromatic rings. The number of phosphoric ester groups is 1. The number of carbonyl (C=O) groups excluding carboxylic acids is 2. The quantitative estimate of drug-likeness (QED) is 0.211. The summed E-state index contributed by atoms with van der Waals surface area (Å²) in [6.45, 7) is 3.15. The number of hydrogen-bond acceptors (Lipinski definition) is 6. The van der Waals surface area contributed by atoms with Gasteiger partial charge in [0.25, 0.3) is 0 Å². The number of unbranched alkanes of at least 4 members (excludes halogenated alkanes) is 7. The Morgan fingerprint density at radius 2 is 1.41 bits per heavy atom. The standard InChI is InChI=1S/C18H35O8P/c1-3-5-6-7-8-9-10-11-13-17(19)24-14-16(15-25-27(21,22)23)26-18(20)12-4-2/h16H,3-15H2,1-2H3,(H2,21,22,23)/t16-/m1/s1. The predicted molar refractivity (Wildman–Crippen MR) is 101 cm³/mol. The summed E-state index contributed by atoms with van der Waals surface area (Å²) in [5, 5.41) is 0. The van der Waals surface area contributed by atoms with Crippen molar-refractivity contribution in [2.24, 2.45) is 0 Å². The van der Waals surface area contributed by atoms with E-state index in [0.29, 0.717) is 6.42 Å². The molecule has 8 nitrogen and oxygen atoms in total. The Labute approximate surface area is 162 Å². The third-order valence-electron chi connectivity index (χ3n) is 3.85. The number of ether oxygens (including phenoxy) is 2. The van der Waals surface area contributed by atoms with Crippen LogP contribution in [0.1, 0.15) is 84.5 Å². The molecule has 0 unspecified atom stereocenters. The average Bonchev–Trinajstić information content (AvgIpc) is 2.59. The van der Waals surface area contributed by atoms with Crippen LogP contribution in [-0.2, 0) is 28.2 Å². The maximum absolute atomic E-state index is 11.8. The highest BCUT2D eigenvalue weighted by atomic mass is 31.2. The van der Waals surface area contributed by atoms with Gasteiger partial charge in [0.05, 0.1) is 6.61 Å². The van der Waals surface area contributed by atoms with Gasteiger partial charge >= 0.3 is 19.8 Å². The maximum atomic E-state index is 11.8. The fraction of sp³-hybridized carbons (Fsp3) is 0.889. The molecular weight excluding hydrogens is 375 g/mol. The van der Waals surface area contributed by atoms with Crippen molar-refractivity contribution in [2.45, 2.75) is 90.6 Å². The van der Waals surface area contributed by atoms with E-state index in [2.05, 4.69) is 11.4 Å². The van der Waals surface area contributed by atoms with Gasteiger partial charge in [-0.2, -0.15) is 0 Å². The lowest BCUT2D eigenvalue weighted by Crippen LogP contribution is -2.29. The van der Waals surface area contributed by atoms with Crippen molar-refractivity contribution >= 4 is 19.8 Å². The van der Waals surface area contributed by atoms with Gasteiger partial charge in [-0.3, -0.25) is 14.1 Å². The average molecular weight is 410 g/mol. The van der Waals surface area contributed by atoms with Gasteiger partial charge in [0.1, 0.15) is 6.61 Å². The molecule has 27 heavy (non-hydrogen) atoms. The SMILES string of the molecule is CCCCCCCCCCC(=O)OC[C@H](COP(=O)(O)O)OC(=O)CCC. The van der Waals surface area contributed by atoms with Gasteiger partial charge in [-0.1, -0.05) is 58.8 Å². The molecule has 0 saturated heterocycles. The van der Waals surface area contributed by atoms with E-state index in [1.54, 1.807) is 6.92 Å². The maximum Gasteiger partial charge on any atom is 0.469 e. The van der Waals surface area contributed by atoms with E-state index in [-0.39, 0.29) is 19.4 Å². The topological polar surface area (TPSA) is 119 Å². The first kappa shape index (κ1) is 26.1. The van der Waals surface area contributed by atoms with Gasteiger partial charge in [-0.15, -0.1) is 0 Å². The first-order valence-corrected chi connectivity index (χ1v) is 11.4. The van der Waals surface area contributed by atoms with E-state index in [1.807, 2.05) is 0 Å². The van der Waals surface area contributed by atoms with Crippen LogP contribution in [0.2, 0.25) is 0 Å². The normalized spacial score (nSPS) is 12.6. The second-order valence-electron chi connectivity index (χ2n) is 6.56. The Morgan fingerprint density at radius 1 is 0.815 bits per heavy atom. The molecule has 0 aliphatic rings. The molecule has 0 radical (unpaired) electrons. The Balaban J connectivity index is 4.03. The fourth-order valence-corrected chi connectivity index (χ4v) is 2.77. The van der Waals surface area contributed by atoms with Gasteiger partial charge in [-0.25, -0.2) is 4.57 Å². The Hall–Kier alpha value is -0.950. The molecule has 0 saturated carbocycles. The third kappa shape index (κ3) is 18.2. The molecular formula is C18H35O8P. The van der Waals surface area contributed by atoms with Crippen LogP contribution in [0.5, 0.6) is 0 Å². The minimum Gasteiger partial charge on any atom is -0.462 e. The van der Waals surface area contributed by atoms with E-state index in [1.165, 1.54) is 32.1 Å². The number of hydrogen-bond donors (Lipinski definition) is 2. The monoisotopic (exact) mass is 410 g/mol. The summed E-state index contributed by atoms with van der Waals surface area (Å²) in [6.07, 6.45) is 8.88. The molecule has 0 fully saturated rings. The highest BCUT2D eigenvalue weighted by molar-refractivity contribution is 7.46. The second kappa shape index (κ2) is 16.0. The van der Waals surface area contributed by atoms with Crippen LogP contribution in [0.3, 0.4) is 0 Å². The summed E-state index contributed by atoms with van der Waals surface area (Å²) in [4.78, 5) is 40.8. The van der Waals surface area contributed by atoms with E-state index >= 15 is 0 Å². The van der Waals surface area contributed by atoms with Gasteiger partial charge < -0.3 is 19.3 Å². The van der Waals surface area contributed by atoms with Crippen LogP contribution >= 0.6 is 7.82 Å². The number of esters is 2. The van der Waals surface area contributed by atoms with Crippen LogP contribution in [0.25, 0.3) is 0 Å². The van der Waals surface area contributed by atoms with Crippen LogP contribution in [0.4, 0.5) is 0 Å². The van der Waals surface area contributed by atoms with Crippen molar-refractivity contribution in [2.75, 3.05) is 13.2 Å². The van der Waals surface area contributed by atoms with Gasteiger partial charge in [0.15, 0.2) is 6.10 Å². The van der Waals surface area contributed by atoms with Crippen LogP contribution in [0, 0.1) is 0 Å². The molecule has 0 amide bonds. The van der Waals surface area contributed by atoms with Gasteiger partial charge in [0, 0.05) is 12.8 Å². The first-order chi connectivity index (χ1) is 12.8. The van der Waals surface area contributed by atoms with Crippen LogP contribution < -0.4 is 0 Å². The molecule has 0 aliphatic heterocycles. The van der Waals surface area contributed by atoms with E-state index in [4.69, 9.17) is 19.3 Å². The van der Waals surface area contributed by atoms with E-state index in [0.717, 1.165) is 19.3 Å². The summed E-state index contributed by atoms with van der Waals surface area (Å²) >= 11 is 0. The molecule has 160 valence electrons. The fourth-order valence-electron chi connectivity index (χ4n) is 2.41. The van der Waals surface area contributed by atoms with Crippen molar-refractivity contribution in [3.63, 3.8) is 0 Å². The van der Waals surface area contributed by atoms with E-state index < -0.39 is 32.5 Å². The molecule has 2 N–H and O–H groups in total. The predicted octanol–water partition coefficient (Wildman–Crippen LogP) is 3.88. The highest BCUT2D eigenvalue weighted by Crippen LogP contribution is 2.35. The largest absolute Gasteiger partial charge is 0.469 e. The lowest BCUT2D eigenvalue weighted by molar-refractivity contribution is -0.161. The van der Waals surface area contributed by atoms with Crippen molar-refractivity contribution in [1.82, 2.24) is 0 Å². The molecule has 9 heteroatoms. The Kier molecular flexibility index (Phi) is 15.5. The zero-order valence-electron chi connectivity index (χ0n) is 16.6. The lowest BCUT2D eigenvalue weighted by Gasteiger charge is -2.18. The number of carbonyl (C=O) groups is 2. The minimum absolute atomic E-state index is 0.165. The summed E-state index contributed by atoms with van der Waals surface area (Å²) in [7, 11) is -4.69. The van der Waals surface area contributed by atoms with Crippen LogP contribution in [-0.4, -0.2) is 41.0 Å². The summed E-state index contributed by atoms with van der Waals surface area (Å²) in [5.74, 6) is -0.954. The lowest BCUT2D eigenvalue weighted by atomic mass is 10.1. The summed E-state index contributed by atoms with van der Waals surface area (Å²) < 4.78 is 25.3. The zero-order chi connectivity index (χ0) is 20.5. The van der Waals surface area contributed by atoms with Crippen LogP contribution in [0.15, 0.2) is 0 Å². The van der Waals surface area contributed by atoms with Gasteiger partial charge in [0.2, 0.25) is 0 Å². The van der Waals surface area contributed by atoms with Gasteiger partial charge in [-0.05, 0) is 12.8 Å². The smallest absolute Gasteiger partial charge is 0.462 e. The summed E-state index contributed by atoms with van der Waals surface area (Å²) in [5.41, 5.74) is 0. The number of rotatable bonds is 17. The first-order valence-electron chi connectivity index (χ1n) is 9.83. The molecule has 0 aromatic heterocycles. The van der Waals surface area contributed by atoms with E-state index in [9.17, 15) is 14.2 Å². The molecule has 0 heterocycles. The number of phosphoric acid groups is 1. The Bertz CT molecular complexity index is 449. The molecule has 0 aliphatic carbocycles. The zero-order valence-corrected chi connectivity index (χ0v) is 17.5. The minimum atomic E-state index is -4.69. The Morgan fingerprint density at radius 3 is 1.96 bits per heavy atom. The molecule has 0 rings (SSSR count). The molecule has 0 spiro atoms. The van der Waals surface area contributed by atoms with Crippen molar-refractivity contribution in [3.8, 4) is 0 Å². The molecule has 1 atom stereocenters. The molecule has 0 bridgehead atoms. The van der Waals surface area contributed by atoms with Crippen molar-refractivity contribution in [1.29, 1.82) is 0 Å². The van der Waals surface area contributed by atoms with Crippen molar-refractivity contribution < 1.29 is 37.9 Å². The third-order valence-corrected chi connectivity index (χ3v) is 4.33. The second-order valence-corrected chi connectivity index (χ2v) is 7.80. The van der Waals surface area contributed by atoms with Crippen molar-refractivity contribution in [3.05, 3.63) is 0 Å². The highest BCUT2D eigenvalue weighted by Gasteiger charge is 2.22.